The van der Waals surface area contributed by atoms with E-state index in [1.165, 1.54) is 0 Å². The number of carbonyl (C=O) groups excluding carboxylic acids is 1. The molecular formula is C13H10BrIN2O. The van der Waals surface area contributed by atoms with Crippen LogP contribution in [0.4, 0.5) is 11.4 Å². The average Bonchev–Trinajstić information content (AvgIpc) is 2.35. The second-order valence-corrected chi connectivity index (χ2v) is 5.74. The van der Waals surface area contributed by atoms with Gasteiger partial charge in [-0.2, -0.15) is 0 Å². The third kappa shape index (κ3) is 3.02. The lowest BCUT2D eigenvalue weighted by Gasteiger charge is -2.09. The van der Waals surface area contributed by atoms with Gasteiger partial charge in [0.1, 0.15) is 0 Å². The molecule has 2 aromatic rings. The third-order valence-electron chi connectivity index (χ3n) is 2.38. The molecule has 2 aromatic carbocycles. The van der Waals surface area contributed by atoms with Crippen LogP contribution < -0.4 is 11.1 Å². The SMILES string of the molecule is Nc1ccccc1NC(=O)c1cc(Br)ccc1I. The van der Waals surface area contributed by atoms with E-state index in [0.717, 1.165) is 8.04 Å². The van der Waals surface area contributed by atoms with E-state index in [-0.39, 0.29) is 5.91 Å². The maximum atomic E-state index is 12.1. The number of nitrogen functional groups attached to an aromatic ring is 1. The Balaban J connectivity index is 2.28. The fourth-order valence-corrected chi connectivity index (χ4v) is 2.41. The van der Waals surface area contributed by atoms with Gasteiger partial charge in [-0.05, 0) is 52.9 Å². The summed E-state index contributed by atoms with van der Waals surface area (Å²) in [6, 6.07) is 12.8. The van der Waals surface area contributed by atoms with Gasteiger partial charge in [0.05, 0.1) is 16.9 Å². The number of anilines is 2. The van der Waals surface area contributed by atoms with Gasteiger partial charge in [0, 0.05) is 8.04 Å². The molecule has 2 rings (SSSR count). The number of amides is 1. The number of hydrogen-bond acceptors (Lipinski definition) is 2. The summed E-state index contributed by atoms with van der Waals surface area (Å²) < 4.78 is 1.76. The van der Waals surface area contributed by atoms with Crippen molar-refractivity contribution in [3.05, 3.63) is 56.1 Å². The summed E-state index contributed by atoms with van der Waals surface area (Å²) in [5.41, 5.74) is 7.58. The number of nitrogens with one attached hydrogen (secondary N) is 1. The second kappa shape index (κ2) is 5.71. The first-order chi connectivity index (χ1) is 8.58. The summed E-state index contributed by atoms with van der Waals surface area (Å²) in [5, 5.41) is 2.80. The number of rotatable bonds is 2. The van der Waals surface area contributed by atoms with Crippen molar-refractivity contribution in [1.82, 2.24) is 0 Å². The van der Waals surface area contributed by atoms with Crippen LogP contribution in [0.3, 0.4) is 0 Å². The molecular weight excluding hydrogens is 407 g/mol. The smallest absolute Gasteiger partial charge is 0.256 e. The van der Waals surface area contributed by atoms with Crippen molar-refractivity contribution in [1.29, 1.82) is 0 Å². The highest BCUT2D eigenvalue weighted by Crippen LogP contribution is 2.22. The van der Waals surface area contributed by atoms with E-state index in [1.807, 2.05) is 24.3 Å². The number of hydrogen-bond donors (Lipinski definition) is 2. The molecule has 5 heteroatoms. The lowest BCUT2D eigenvalue weighted by Crippen LogP contribution is -2.14. The number of carbonyl (C=O) groups is 1. The number of para-hydroxylation sites is 2. The van der Waals surface area contributed by atoms with Crippen LogP contribution in [0.15, 0.2) is 46.9 Å². The zero-order valence-electron chi connectivity index (χ0n) is 9.28. The minimum Gasteiger partial charge on any atom is -0.397 e. The first kappa shape index (κ1) is 13.4. The molecule has 3 N–H and O–H groups in total. The Bertz CT molecular complexity index is 601. The Morgan fingerprint density at radius 3 is 2.67 bits per heavy atom. The minimum atomic E-state index is -0.168. The van der Waals surface area contributed by atoms with E-state index in [0.29, 0.717) is 16.9 Å². The molecule has 0 aliphatic heterocycles. The van der Waals surface area contributed by atoms with E-state index < -0.39 is 0 Å². The van der Waals surface area contributed by atoms with E-state index in [4.69, 9.17) is 5.73 Å². The average molecular weight is 417 g/mol. The van der Waals surface area contributed by atoms with E-state index in [2.05, 4.69) is 43.8 Å². The Morgan fingerprint density at radius 2 is 1.94 bits per heavy atom. The summed E-state index contributed by atoms with van der Waals surface area (Å²) in [6.45, 7) is 0. The van der Waals surface area contributed by atoms with Crippen molar-refractivity contribution in [3.63, 3.8) is 0 Å². The quantitative estimate of drug-likeness (QED) is 0.576. The maximum Gasteiger partial charge on any atom is 0.256 e. The molecule has 0 radical (unpaired) electrons. The standard InChI is InChI=1S/C13H10BrIN2O/c14-8-5-6-10(15)9(7-8)13(18)17-12-4-2-1-3-11(12)16/h1-7H,16H2,(H,17,18). The molecule has 0 bridgehead atoms. The highest BCUT2D eigenvalue weighted by atomic mass is 127. The molecule has 0 heterocycles. The topological polar surface area (TPSA) is 55.1 Å². The third-order valence-corrected chi connectivity index (χ3v) is 3.82. The van der Waals surface area contributed by atoms with Crippen LogP contribution in [0.2, 0.25) is 0 Å². The predicted octanol–water partition coefficient (Wildman–Crippen LogP) is 3.89. The van der Waals surface area contributed by atoms with Crippen molar-refractivity contribution < 1.29 is 4.79 Å². The minimum absolute atomic E-state index is 0.168. The summed E-state index contributed by atoms with van der Waals surface area (Å²) in [5.74, 6) is -0.168. The summed E-state index contributed by atoms with van der Waals surface area (Å²) in [4.78, 5) is 12.1. The van der Waals surface area contributed by atoms with Gasteiger partial charge in [0.2, 0.25) is 0 Å². The van der Waals surface area contributed by atoms with Gasteiger partial charge in [-0.1, -0.05) is 28.1 Å². The summed E-state index contributed by atoms with van der Waals surface area (Å²) >= 11 is 5.49. The van der Waals surface area contributed by atoms with Crippen molar-refractivity contribution >= 4 is 55.8 Å². The van der Waals surface area contributed by atoms with Crippen LogP contribution in [0.25, 0.3) is 0 Å². The van der Waals surface area contributed by atoms with Gasteiger partial charge in [0.25, 0.3) is 5.91 Å². The van der Waals surface area contributed by atoms with Crippen LogP contribution in [0, 0.1) is 3.57 Å². The molecule has 0 aromatic heterocycles. The Kier molecular flexibility index (Phi) is 4.23. The van der Waals surface area contributed by atoms with Gasteiger partial charge >= 0.3 is 0 Å². The zero-order chi connectivity index (χ0) is 13.1. The molecule has 92 valence electrons. The van der Waals surface area contributed by atoms with Crippen molar-refractivity contribution in [2.75, 3.05) is 11.1 Å². The van der Waals surface area contributed by atoms with E-state index in [9.17, 15) is 4.79 Å². The molecule has 0 saturated heterocycles. The van der Waals surface area contributed by atoms with Crippen LogP contribution in [0.5, 0.6) is 0 Å². The second-order valence-electron chi connectivity index (χ2n) is 3.67. The van der Waals surface area contributed by atoms with E-state index in [1.54, 1.807) is 18.2 Å². The van der Waals surface area contributed by atoms with Crippen molar-refractivity contribution in [2.45, 2.75) is 0 Å². The zero-order valence-corrected chi connectivity index (χ0v) is 13.0. The fraction of sp³-hybridized carbons (Fsp3) is 0. The molecule has 0 unspecified atom stereocenters. The van der Waals surface area contributed by atoms with Gasteiger partial charge in [-0.15, -0.1) is 0 Å². The highest BCUT2D eigenvalue weighted by Gasteiger charge is 2.11. The number of nitrogens with two attached hydrogens (primary N) is 1. The summed E-state index contributed by atoms with van der Waals surface area (Å²) in [6.07, 6.45) is 0. The fourth-order valence-electron chi connectivity index (χ4n) is 1.47. The Morgan fingerprint density at radius 1 is 1.22 bits per heavy atom. The molecule has 0 aliphatic rings. The maximum absolute atomic E-state index is 12.1. The van der Waals surface area contributed by atoms with Gasteiger partial charge in [-0.3, -0.25) is 4.79 Å². The Hall–Kier alpha value is -1.08. The van der Waals surface area contributed by atoms with Crippen LogP contribution >= 0.6 is 38.5 Å². The van der Waals surface area contributed by atoms with Gasteiger partial charge < -0.3 is 11.1 Å². The van der Waals surface area contributed by atoms with Crippen molar-refractivity contribution in [2.24, 2.45) is 0 Å². The monoisotopic (exact) mass is 416 g/mol. The van der Waals surface area contributed by atoms with Crippen molar-refractivity contribution in [3.8, 4) is 0 Å². The largest absolute Gasteiger partial charge is 0.397 e. The molecule has 0 atom stereocenters. The van der Waals surface area contributed by atoms with Crippen LogP contribution in [-0.2, 0) is 0 Å². The molecule has 1 amide bonds. The summed E-state index contributed by atoms with van der Waals surface area (Å²) in [7, 11) is 0. The number of halogens is 2. The molecule has 18 heavy (non-hydrogen) atoms. The Labute approximate surface area is 127 Å². The molecule has 0 fully saturated rings. The van der Waals surface area contributed by atoms with Crippen LogP contribution in [0.1, 0.15) is 10.4 Å². The van der Waals surface area contributed by atoms with Gasteiger partial charge in [0.15, 0.2) is 0 Å². The lowest BCUT2D eigenvalue weighted by molar-refractivity contribution is 0.102. The molecule has 0 saturated carbocycles. The van der Waals surface area contributed by atoms with Crippen LogP contribution in [-0.4, -0.2) is 5.91 Å². The normalized spacial score (nSPS) is 10.1. The molecule has 0 spiro atoms. The molecule has 3 nitrogen and oxygen atoms in total. The van der Waals surface area contributed by atoms with E-state index >= 15 is 0 Å². The number of benzene rings is 2. The lowest BCUT2D eigenvalue weighted by atomic mass is 10.2. The molecule has 0 aliphatic carbocycles. The predicted molar refractivity (Wildman–Crippen MR) is 85.7 cm³/mol. The van der Waals surface area contributed by atoms with Gasteiger partial charge in [-0.25, -0.2) is 0 Å². The first-order valence-corrected chi connectivity index (χ1v) is 7.06. The first-order valence-electron chi connectivity index (χ1n) is 5.19. The highest BCUT2D eigenvalue weighted by molar-refractivity contribution is 14.1.